The van der Waals surface area contributed by atoms with E-state index in [1.807, 2.05) is 0 Å². The zero-order valence-corrected chi connectivity index (χ0v) is 15.4. The Kier molecular flexibility index (Phi) is 6.89. The van der Waals surface area contributed by atoms with Crippen molar-refractivity contribution >= 4 is 27.6 Å². The summed E-state index contributed by atoms with van der Waals surface area (Å²) in [4.78, 5) is 22.9. The molecule has 0 atom stereocenters. The van der Waals surface area contributed by atoms with Gasteiger partial charge in [0.1, 0.15) is 5.82 Å². The molecule has 0 aliphatic carbocycles. The number of sulfonamides is 1. The maximum atomic E-state index is 13.6. The Labute approximate surface area is 156 Å². The van der Waals surface area contributed by atoms with Crippen LogP contribution < -0.4 is 10.0 Å². The Bertz CT molecular complexity index is 914. The van der Waals surface area contributed by atoms with Crippen molar-refractivity contribution < 1.29 is 27.1 Å². The molecule has 0 spiro atoms. The number of carbonyl (C=O) groups excluding carboxylic acids is 2. The highest BCUT2D eigenvalue weighted by Gasteiger charge is 2.17. The lowest BCUT2D eigenvalue weighted by Gasteiger charge is -2.10. The van der Waals surface area contributed by atoms with Crippen molar-refractivity contribution in [2.45, 2.75) is 17.7 Å². The van der Waals surface area contributed by atoms with Crippen LogP contribution in [-0.2, 0) is 19.6 Å². The first-order valence-corrected chi connectivity index (χ1v) is 9.54. The molecule has 9 heteroatoms. The van der Waals surface area contributed by atoms with Crippen LogP contribution in [0.3, 0.4) is 0 Å². The largest absolute Gasteiger partial charge is 0.469 e. The fourth-order valence-corrected chi connectivity index (χ4v) is 3.24. The van der Waals surface area contributed by atoms with Crippen LogP contribution in [0.15, 0.2) is 53.4 Å². The Hall–Kier alpha value is -2.94. The third-order valence-electron chi connectivity index (χ3n) is 3.62. The number of anilines is 1. The molecule has 2 aromatic rings. The van der Waals surface area contributed by atoms with Crippen LogP contribution in [0.2, 0.25) is 0 Å². The number of carbonyl (C=O) groups is 2. The van der Waals surface area contributed by atoms with E-state index in [1.54, 1.807) is 0 Å². The van der Waals surface area contributed by atoms with Gasteiger partial charge in [-0.1, -0.05) is 12.1 Å². The van der Waals surface area contributed by atoms with E-state index in [0.29, 0.717) is 6.42 Å². The third kappa shape index (κ3) is 5.78. The molecule has 2 aromatic carbocycles. The lowest BCUT2D eigenvalue weighted by Crippen LogP contribution is -2.25. The SMILES string of the molecule is COC(=O)CCCNC(=O)c1ccc(S(=O)(=O)Nc2ccccc2F)cc1. The maximum absolute atomic E-state index is 13.6. The fourth-order valence-electron chi connectivity index (χ4n) is 2.17. The van der Waals surface area contributed by atoms with Gasteiger partial charge in [0.2, 0.25) is 0 Å². The number of esters is 1. The van der Waals surface area contributed by atoms with Crippen LogP contribution in [0.4, 0.5) is 10.1 Å². The molecule has 0 unspecified atom stereocenters. The molecule has 2 rings (SSSR count). The zero-order chi connectivity index (χ0) is 19.9. The molecule has 0 aliphatic heterocycles. The third-order valence-corrected chi connectivity index (χ3v) is 5.00. The molecule has 0 fully saturated rings. The average Bonchev–Trinajstić information content (AvgIpc) is 2.66. The number of methoxy groups -OCH3 is 1. The molecule has 0 saturated heterocycles. The summed E-state index contributed by atoms with van der Waals surface area (Å²) in [5.74, 6) is -1.45. The number of benzene rings is 2. The van der Waals surface area contributed by atoms with Crippen LogP contribution in [0, 0.1) is 5.82 Å². The second kappa shape index (κ2) is 9.13. The number of rotatable bonds is 8. The maximum Gasteiger partial charge on any atom is 0.305 e. The van der Waals surface area contributed by atoms with Crippen LogP contribution in [0.5, 0.6) is 0 Å². The van der Waals surface area contributed by atoms with Gasteiger partial charge in [0.25, 0.3) is 15.9 Å². The number of hydrogen-bond donors (Lipinski definition) is 2. The first-order valence-electron chi connectivity index (χ1n) is 8.06. The fraction of sp³-hybridized carbons (Fsp3) is 0.222. The van der Waals surface area contributed by atoms with Crippen molar-refractivity contribution in [2.24, 2.45) is 0 Å². The Morgan fingerprint density at radius 1 is 1.07 bits per heavy atom. The lowest BCUT2D eigenvalue weighted by molar-refractivity contribution is -0.140. The highest BCUT2D eigenvalue weighted by molar-refractivity contribution is 7.92. The van der Waals surface area contributed by atoms with E-state index in [0.717, 1.165) is 6.07 Å². The van der Waals surface area contributed by atoms with Gasteiger partial charge in [0, 0.05) is 18.5 Å². The molecule has 0 bridgehead atoms. The van der Waals surface area contributed by atoms with E-state index in [2.05, 4.69) is 14.8 Å². The molecule has 0 saturated carbocycles. The molecule has 0 aromatic heterocycles. The predicted octanol–water partition coefficient (Wildman–Crippen LogP) is 2.31. The Balaban J connectivity index is 1.98. The molecule has 0 aliphatic rings. The van der Waals surface area contributed by atoms with Crippen molar-refractivity contribution in [3.05, 3.63) is 59.9 Å². The van der Waals surface area contributed by atoms with Gasteiger partial charge in [0.15, 0.2) is 0 Å². The van der Waals surface area contributed by atoms with E-state index in [-0.39, 0.29) is 35.1 Å². The molecule has 0 heterocycles. The summed E-state index contributed by atoms with van der Waals surface area (Å²) in [6.45, 7) is 0.281. The van der Waals surface area contributed by atoms with Crippen molar-refractivity contribution in [2.75, 3.05) is 18.4 Å². The molecular weight excluding hydrogens is 375 g/mol. The minimum atomic E-state index is -3.98. The van der Waals surface area contributed by atoms with Crippen molar-refractivity contribution in [3.63, 3.8) is 0 Å². The summed E-state index contributed by atoms with van der Waals surface area (Å²) in [7, 11) is -2.70. The highest BCUT2D eigenvalue weighted by Crippen LogP contribution is 2.19. The smallest absolute Gasteiger partial charge is 0.305 e. The molecule has 144 valence electrons. The summed E-state index contributed by atoms with van der Waals surface area (Å²) < 4.78 is 44.9. The average molecular weight is 394 g/mol. The molecular formula is C18H19FN2O5S. The summed E-state index contributed by atoms with van der Waals surface area (Å²) in [6, 6.07) is 10.6. The second-order valence-electron chi connectivity index (χ2n) is 5.55. The van der Waals surface area contributed by atoms with E-state index in [9.17, 15) is 22.4 Å². The zero-order valence-electron chi connectivity index (χ0n) is 14.6. The first-order chi connectivity index (χ1) is 12.8. The Morgan fingerprint density at radius 2 is 1.74 bits per heavy atom. The topological polar surface area (TPSA) is 102 Å². The first kappa shape index (κ1) is 20.4. The summed E-state index contributed by atoms with van der Waals surface area (Å²) in [5, 5.41) is 2.62. The molecule has 2 N–H and O–H groups in total. The number of para-hydroxylation sites is 1. The van der Waals surface area contributed by atoms with E-state index in [1.165, 1.54) is 49.6 Å². The standard InChI is InChI=1S/C18H19FN2O5S/c1-26-17(22)7-4-12-20-18(23)13-8-10-14(11-9-13)27(24,25)21-16-6-3-2-5-15(16)19/h2-3,5-6,8-11,21H,4,7,12H2,1H3,(H,20,23). The number of ether oxygens (including phenoxy) is 1. The minimum Gasteiger partial charge on any atom is -0.469 e. The molecule has 27 heavy (non-hydrogen) atoms. The lowest BCUT2D eigenvalue weighted by atomic mass is 10.2. The molecule has 1 amide bonds. The van der Waals surface area contributed by atoms with Gasteiger partial charge in [-0.15, -0.1) is 0 Å². The van der Waals surface area contributed by atoms with Gasteiger partial charge < -0.3 is 10.1 Å². The van der Waals surface area contributed by atoms with Gasteiger partial charge in [0.05, 0.1) is 17.7 Å². The minimum absolute atomic E-state index is 0.104. The van der Waals surface area contributed by atoms with Crippen LogP contribution in [-0.4, -0.2) is 33.9 Å². The number of amides is 1. The van der Waals surface area contributed by atoms with Gasteiger partial charge in [-0.3, -0.25) is 14.3 Å². The second-order valence-corrected chi connectivity index (χ2v) is 7.23. The highest BCUT2D eigenvalue weighted by atomic mass is 32.2. The Morgan fingerprint density at radius 3 is 2.37 bits per heavy atom. The van der Waals surface area contributed by atoms with E-state index >= 15 is 0 Å². The summed E-state index contributed by atoms with van der Waals surface area (Å²) >= 11 is 0. The monoisotopic (exact) mass is 394 g/mol. The van der Waals surface area contributed by atoms with E-state index < -0.39 is 21.7 Å². The van der Waals surface area contributed by atoms with Crippen LogP contribution in [0.1, 0.15) is 23.2 Å². The van der Waals surface area contributed by atoms with Gasteiger partial charge in [-0.2, -0.15) is 0 Å². The van der Waals surface area contributed by atoms with E-state index in [4.69, 9.17) is 0 Å². The van der Waals surface area contributed by atoms with Gasteiger partial charge in [-0.05, 0) is 42.8 Å². The number of hydrogen-bond acceptors (Lipinski definition) is 5. The molecule has 0 radical (unpaired) electrons. The number of nitrogens with one attached hydrogen (secondary N) is 2. The van der Waals surface area contributed by atoms with Crippen molar-refractivity contribution in [1.29, 1.82) is 0 Å². The van der Waals surface area contributed by atoms with Crippen molar-refractivity contribution in [3.8, 4) is 0 Å². The molecule has 7 nitrogen and oxygen atoms in total. The van der Waals surface area contributed by atoms with Crippen LogP contribution in [0.25, 0.3) is 0 Å². The normalized spacial score (nSPS) is 10.9. The van der Waals surface area contributed by atoms with Crippen LogP contribution >= 0.6 is 0 Å². The van der Waals surface area contributed by atoms with Gasteiger partial charge in [-0.25, -0.2) is 12.8 Å². The van der Waals surface area contributed by atoms with Crippen molar-refractivity contribution in [1.82, 2.24) is 5.32 Å². The quantitative estimate of drug-likeness (QED) is 0.528. The number of halogens is 1. The van der Waals surface area contributed by atoms with Gasteiger partial charge >= 0.3 is 5.97 Å². The summed E-state index contributed by atoms with van der Waals surface area (Å²) in [6.07, 6.45) is 0.618. The predicted molar refractivity (Wildman–Crippen MR) is 97.2 cm³/mol. The summed E-state index contributed by atoms with van der Waals surface area (Å²) in [5.41, 5.74) is 0.0998.